The van der Waals surface area contributed by atoms with Gasteiger partial charge in [-0.05, 0) is 38.0 Å². The first-order valence-corrected chi connectivity index (χ1v) is 7.11. The molecule has 7 nitrogen and oxygen atoms in total. The fraction of sp³-hybridized carbons (Fsp3) is 0.375. The minimum Gasteiger partial charge on any atom is -0.453 e. The highest BCUT2D eigenvalue weighted by molar-refractivity contribution is 5.98. The van der Waals surface area contributed by atoms with Crippen LogP contribution in [-0.2, 0) is 14.3 Å². The van der Waals surface area contributed by atoms with Crippen LogP contribution in [0.2, 0.25) is 0 Å². The Morgan fingerprint density at radius 1 is 1.13 bits per heavy atom. The Hall–Kier alpha value is -2.70. The minimum absolute atomic E-state index is 0.0223. The number of carbonyl (C=O) groups excluding carboxylic acids is 4. The van der Waals surface area contributed by atoms with Crippen molar-refractivity contribution in [3.8, 4) is 0 Å². The number of nitrogens with one attached hydrogen (secondary N) is 1. The number of Topliss-reactive ketones (excluding diaryl/α,β-unsaturated/α-hetero) is 1. The monoisotopic (exact) mass is 320 g/mol. The van der Waals surface area contributed by atoms with Crippen molar-refractivity contribution in [1.82, 2.24) is 5.32 Å². The van der Waals surface area contributed by atoms with Gasteiger partial charge in [0, 0.05) is 12.0 Å². The van der Waals surface area contributed by atoms with Crippen molar-refractivity contribution in [1.29, 1.82) is 0 Å². The van der Waals surface area contributed by atoms with Crippen molar-refractivity contribution < 1.29 is 23.9 Å². The molecule has 3 N–H and O–H groups in total. The lowest BCUT2D eigenvalue weighted by Crippen LogP contribution is -2.42. The van der Waals surface area contributed by atoms with Crippen molar-refractivity contribution in [2.45, 2.75) is 39.7 Å². The van der Waals surface area contributed by atoms with Gasteiger partial charge in [-0.25, -0.2) is 4.79 Å². The lowest BCUT2D eigenvalue weighted by molar-refractivity contribution is -0.154. The number of primary amides is 1. The van der Waals surface area contributed by atoms with Crippen LogP contribution in [0.15, 0.2) is 18.2 Å². The van der Waals surface area contributed by atoms with E-state index in [4.69, 9.17) is 10.5 Å². The molecule has 0 aliphatic rings. The van der Waals surface area contributed by atoms with Crippen LogP contribution in [0.5, 0.6) is 0 Å². The smallest absolute Gasteiger partial charge is 0.318 e. The number of ether oxygens (including phenoxy) is 1. The standard InChI is InChI=1S/C16H20N2O5/c1-9-4-5-12(8-10(9)2)13(19)6-7-14(20)23-11(3)15(21)18-16(17)22/h4-5,8,11H,6-7H2,1-3H3,(H3,17,18,21,22)/t11-/m0/s1. The topological polar surface area (TPSA) is 116 Å². The summed E-state index contributed by atoms with van der Waals surface area (Å²) >= 11 is 0. The molecule has 0 aliphatic carbocycles. The number of hydrogen-bond acceptors (Lipinski definition) is 5. The number of hydrogen-bond donors (Lipinski definition) is 2. The highest BCUT2D eigenvalue weighted by atomic mass is 16.5. The first kappa shape index (κ1) is 18.3. The number of esters is 1. The maximum absolute atomic E-state index is 12.0. The van der Waals surface area contributed by atoms with Gasteiger partial charge in [0.2, 0.25) is 0 Å². The summed E-state index contributed by atoms with van der Waals surface area (Å²) in [6, 6.07) is 4.30. The highest BCUT2D eigenvalue weighted by Gasteiger charge is 2.19. The largest absolute Gasteiger partial charge is 0.453 e. The fourth-order valence-corrected chi connectivity index (χ4v) is 1.81. The predicted molar refractivity (Wildman–Crippen MR) is 82.8 cm³/mol. The number of carbonyl (C=O) groups is 4. The zero-order valence-corrected chi connectivity index (χ0v) is 13.3. The number of benzene rings is 1. The van der Waals surface area contributed by atoms with Gasteiger partial charge in [0.15, 0.2) is 11.9 Å². The molecule has 0 saturated carbocycles. The van der Waals surface area contributed by atoms with Crippen molar-refractivity contribution in [3.05, 3.63) is 34.9 Å². The summed E-state index contributed by atoms with van der Waals surface area (Å²) in [5.41, 5.74) is 7.39. The summed E-state index contributed by atoms with van der Waals surface area (Å²) in [7, 11) is 0. The molecule has 0 radical (unpaired) electrons. The van der Waals surface area contributed by atoms with Crippen LogP contribution in [0.3, 0.4) is 0 Å². The van der Waals surface area contributed by atoms with Gasteiger partial charge in [0.1, 0.15) is 0 Å². The van der Waals surface area contributed by atoms with E-state index in [-0.39, 0.29) is 18.6 Å². The van der Waals surface area contributed by atoms with Crippen LogP contribution in [-0.4, -0.2) is 29.8 Å². The zero-order chi connectivity index (χ0) is 17.6. The summed E-state index contributed by atoms with van der Waals surface area (Å²) in [4.78, 5) is 45.5. The molecule has 3 amide bonds. The zero-order valence-electron chi connectivity index (χ0n) is 13.3. The third-order valence-corrected chi connectivity index (χ3v) is 3.31. The highest BCUT2D eigenvalue weighted by Crippen LogP contribution is 2.12. The number of rotatable bonds is 6. The predicted octanol–water partition coefficient (Wildman–Crippen LogP) is 1.39. The average molecular weight is 320 g/mol. The van der Waals surface area contributed by atoms with E-state index in [1.54, 1.807) is 17.4 Å². The van der Waals surface area contributed by atoms with Crippen LogP contribution < -0.4 is 11.1 Å². The molecule has 0 heterocycles. The van der Waals surface area contributed by atoms with Crippen LogP contribution in [0, 0.1) is 13.8 Å². The maximum Gasteiger partial charge on any atom is 0.318 e. The normalized spacial score (nSPS) is 11.4. The van der Waals surface area contributed by atoms with E-state index < -0.39 is 24.0 Å². The number of urea groups is 1. The SMILES string of the molecule is Cc1ccc(C(=O)CCC(=O)O[C@@H](C)C(=O)NC(N)=O)cc1C. The first-order chi connectivity index (χ1) is 10.7. The van der Waals surface area contributed by atoms with Gasteiger partial charge >= 0.3 is 12.0 Å². The molecule has 124 valence electrons. The van der Waals surface area contributed by atoms with E-state index >= 15 is 0 Å². The number of amides is 3. The molecular formula is C16H20N2O5. The lowest BCUT2D eigenvalue weighted by atomic mass is 10.0. The summed E-state index contributed by atoms with van der Waals surface area (Å²) in [6.45, 7) is 5.15. The Morgan fingerprint density at radius 3 is 2.35 bits per heavy atom. The number of nitrogens with two attached hydrogens (primary N) is 1. The Morgan fingerprint density at radius 2 is 1.78 bits per heavy atom. The summed E-state index contributed by atoms with van der Waals surface area (Å²) in [5.74, 6) is -1.69. The van der Waals surface area contributed by atoms with E-state index in [2.05, 4.69) is 0 Å². The number of imide groups is 1. The lowest BCUT2D eigenvalue weighted by Gasteiger charge is -2.11. The molecule has 1 aromatic carbocycles. The van der Waals surface area contributed by atoms with Gasteiger partial charge in [0.05, 0.1) is 6.42 Å². The molecule has 0 aliphatic heterocycles. The minimum atomic E-state index is -1.16. The average Bonchev–Trinajstić information content (AvgIpc) is 2.46. The van der Waals surface area contributed by atoms with Gasteiger partial charge in [-0.1, -0.05) is 12.1 Å². The molecule has 7 heteroatoms. The molecule has 0 unspecified atom stereocenters. The van der Waals surface area contributed by atoms with Crippen molar-refractivity contribution in [2.24, 2.45) is 5.73 Å². The number of ketones is 1. The van der Waals surface area contributed by atoms with Crippen LogP contribution in [0.1, 0.15) is 41.3 Å². The molecule has 0 saturated heterocycles. The van der Waals surface area contributed by atoms with Gasteiger partial charge in [-0.3, -0.25) is 19.7 Å². The van der Waals surface area contributed by atoms with Crippen molar-refractivity contribution in [3.63, 3.8) is 0 Å². The fourth-order valence-electron chi connectivity index (χ4n) is 1.81. The van der Waals surface area contributed by atoms with Crippen LogP contribution >= 0.6 is 0 Å². The second-order valence-corrected chi connectivity index (χ2v) is 5.21. The van der Waals surface area contributed by atoms with E-state index in [1.807, 2.05) is 19.9 Å². The van der Waals surface area contributed by atoms with E-state index in [1.165, 1.54) is 6.92 Å². The number of aryl methyl sites for hydroxylation is 2. The molecule has 1 aromatic rings. The van der Waals surface area contributed by atoms with Gasteiger partial charge in [0.25, 0.3) is 5.91 Å². The van der Waals surface area contributed by atoms with E-state index in [0.717, 1.165) is 11.1 Å². The van der Waals surface area contributed by atoms with Crippen molar-refractivity contribution >= 4 is 23.7 Å². The third-order valence-electron chi connectivity index (χ3n) is 3.31. The molecule has 0 fully saturated rings. The molecule has 0 aromatic heterocycles. The summed E-state index contributed by atoms with van der Waals surface area (Å²) < 4.78 is 4.83. The molecule has 0 bridgehead atoms. The Labute approximate surface area is 134 Å². The first-order valence-electron chi connectivity index (χ1n) is 7.11. The van der Waals surface area contributed by atoms with Gasteiger partial charge in [-0.15, -0.1) is 0 Å². The third kappa shape index (κ3) is 5.90. The summed E-state index contributed by atoms with van der Waals surface area (Å²) in [6.07, 6.45) is -1.34. The quantitative estimate of drug-likeness (QED) is 0.607. The van der Waals surface area contributed by atoms with Crippen molar-refractivity contribution in [2.75, 3.05) is 0 Å². The Kier molecular flexibility index (Phi) is 6.44. The van der Waals surface area contributed by atoms with Crippen LogP contribution in [0.25, 0.3) is 0 Å². The Bertz CT molecular complexity index is 639. The molecule has 0 spiro atoms. The molecule has 23 heavy (non-hydrogen) atoms. The molecule has 1 atom stereocenters. The second-order valence-electron chi connectivity index (χ2n) is 5.21. The molecular weight excluding hydrogens is 300 g/mol. The summed E-state index contributed by atoms with van der Waals surface area (Å²) in [5, 5.41) is 1.81. The Balaban J connectivity index is 2.49. The van der Waals surface area contributed by atoms with Crippen LogP contribution in [0.4, 0.5) is 4.79 Å². The van der Waals surface area contributed by atoms with E-state index in [9.17, 15) is 19.2 Å². The van der Waals surface area contributed by atoms with Gasteiger partial charge in [-0.2, -0.15) is 0 Å². The second kappa shape index (κ2) is 8.07. The van der Waals surface area contributed by atoms with E-state index in [0.29, 0.717) is 5.56 Å². The molecule has 1 rings (SSSR count). The van der Waals surface area contributed by atoms with Gasteiger partial charge < -0.3 is 10.5 Å². The maximum atomic E-state index is 12.0.